The average molecular weight is 477 g/mol. The van der Waals surface area contributed by atoms with Crippen LogP contribution in [0.1, 0.15) is 29.9 Å². The number of hydrogen-bond acceptors (Lipinski definition) is 6. The Morgan fingerprint density at radius 1 is 1.07 bits per heavy atom. The van der Waals surface area contributed by atoms with E-state index in [2.05, 4.69) is 36.7 Å². The van der Waals surface area contributed by atoms with Crippen LogP contribution in [0.4, 0.5) is 0 Å². The van der Waals surface area contributed by atoms with Crippen molar-refractivity contribution in [2.45, 2.75) is 20.4 Å². The molecule has 0 aliphatic heterocycles. The van der Waals surface area contributed by atoms with Crippen LogP contribution in [-0.2, 0) is 16.1 Å². The first kappa shape index (κ1) is 23.4. The zero-order valence-electron chi connectivity index (χ0n) is 16.9. The van der Waals surface area contributed by atoms with Crippen molar-refractivity contribution in [3.63, 3.8) is 0 Å². The van der Waals surface area contributed by atoms with E-state index in [0.717, 1.165) is 5.56 Å². The van der Waals surface area contributed by atoms with Crippen LogP contribution in [0, 0.1) is 5.92 Å². The molecule has 30 heavy (non-hydrogen) atoms. The minimum atomic E-state index is -0.486. The highest BCUT2D eigenvalue weighted by atomic mass is 79.9. The topological polar surface area (TPSA) is 108 Å². The number of halogens is 1. The number of benzene rings is 1. The Morgan fingerprint density at radius 3 is 2.40 bits per heavy atom. The molecular weight excluding hydrogens is 452 g/mol. The normalized spacial score (nSPS) is 10.7. The summed E-state index contributed by atoms with van der Waals surface area (Å²) in [5.41, 5.74) is 6.25. The molecule has 0 fully saturated rings. The number of carbonyl (C=O) groups excluding carboxylic acids is 3. The third-order valence-electron chi connectivity index (χ3n) is 3.79. The van der Waals surface area contributed by atoms with Crippen molar-refractivity contribution >= 4 is 33.7 Å². The third kappa shape index (κ3) is 7.88. The summed E-state index contributed by atoms with van der Waals surface area (Å²) in [6.07, 6.45) is 4.22. The number of aromatic nitrogens is 2. The fourth-order valence-corrected chi connectivity index (χ4v) is 2.76. The first-order valence-electron chi connectivity index (χ1n) is 9.40. The molecule has 2 N–H and O–H groups in total. The lowest BCUT2D eigenvalue weighted by Crippen LogP contribution is -2.53. The quantitative estimate of drug-likeness (QED) is 0.419. The van der Waals surface area contributed by atoms with Crippen LogP contribution in [0.5, 0.6) is 0 Å². The highest BCUT2D eigenvalue weighted by molar-refractivity contribution is 9.09. The number of alkyl halides is 1. The van der Waals surface area contributed by atoms with Crippen molar-refractivity contribution in [1.29, 1.82) is 0 Å². The summed E-state index contributed by atoms with van der Waals surface area (Å²) < 4.78 is 0. The van der Waals surface area contributed by atoms with Crippen LogP contribution < -0.4 is 10.9 Å². The molecule has 1 aromatic carbocycles. The summed E-state index contributed by atoms with van der Waals surface area (Å²) >= 11 is 3.09. The Kier molecular flexibility index (Phi) is 9.36. The van der Waals surface area contributed by atoms with E-state index in [0.29, 0.717) is 6.54 Å². The SMILES string of the molecule is CC(C)CN(CC(=O)NN(Cc1ccccc1)C(=O)c1cnccn1)NC(=O)CBr. The Balaban J connectivity index is 2.13. The van der Waals surface area contributed by atoms with E-state index in [-0.39, 0.29) is 35.9 Å². The number of rotatable bonds is 9. The molecule has 0 radical (unpaired) electrons. The largest absolute Gasteiger partial charge is 0.292 e. The second-order valence-electron chi connectivity index (χ2n) is 6.95. The van der Waals surface area contributed by atoms with Gasteiger partial charge in [-0.15, -0.1) is 0 Å². The highest BCUT2D eigenvalue weighted by Gasteiger charge is 2.22. The summed E-state index contributed by atoms with van der Waals surface area (Å²) in [5, 5.41) is 2.84. The Hall–Kier alpha value is -2.85. The number of hydrazine groups is 2. The van der Waals surface area contributed by atoms with Gasteiger partial charge >= 0.3 is 0 Å². The fraction of sp³-hybridized carbons (Fsp3) is 0.350. The predicted molar refractivity (Wildman–Crippen MR) is 115 cm³/mol. The van der Waals surface area contributed by atoms with Gasteiger partial charge < -0.3 is 0 Å². The van der Waals surface area contributed by atoms with E-state index in [1.807, 2.05) is 44.2 Å². The molecule has 9 nitrogen and oxygen atoms in total. The van der Waals surface area contributed by atoms with Gasteiger partial charge in [-0.3, -0.25) is 30.2 Å². The van der Waals surface area contributed by atoms with Gasteiger partial charge in [0, 0.05) is 18.9 Å². The third-order valence-corrected chi connectivity index (χ3v) is 4.30. The Bertz CT molecular complexity index is 835. The van der Waals surface area contributed by atoms with Crippen molar-refractivity contribution in [2.24, 2.45) is 5.92 Å². The van der Waals surface area contributed by atoms with Crippen molar-refractivity contribution < 1.29 is 14.4 Å². The average Bonchev–Trinajstić information content (AvgIpc) is 2.73. The first-order valence-corrected chi connectivity index (χ1v) is 10.5. The van der Waals surface area contributed by atoms with Crippen LogP contribution in [0.3, 0.4) is 0 Å². The lowest BCUT2D eigenvalue weighted by Gasteiger charge is -2.27. The lowest BCUT2D eigenvalue weighted by molar-refractivity contribution is -0.130. The molecule has 2 rings (SSSR count). The molecule has 0 spiro atoms. The second kappa shape index (κ2) is 12.0. The zero-order chi connectivity index (χ0) is 21.9. The highest BCUT2D eigenvalue weighted by Crippen LogP contribution is 2.06. The van der Waals surface area contributed by atoms with E-state index >= 15 is 0 Å². The van der Waals surface area contributed by atoms with E-state index in [1.165, 1.54) is 28.6 Å². The van der Waals surface area contributed by atoms with E-state index < -0.39 is 11.8 Å². The summed E-state index contributed by atoms with van der Waals surface area (Å²) in [4.78, 5) is 45.3. The Labute approximate surface area is 183 Å². The van der Waals surface area contributed by atoms with Crippen LogP contribution >= 0.6 is 15.9 Å². The fourth-order valence-electron chi connectivity index (χ4n) is 2.63. The Morgan fingerprint density at radius 2 is 1.80 bits per heavy atom. The van der Waals surface area contributed by atoms with Gasteiger partial charge in [0.25, 0.3) is 11.8 Å². The first-order chi connectivity index (χ1) is 14.4. The molecule has 0 saturated carbocycles. The van der Waals surface area contributed by atoms with Crippen molar-refractivity contribution in [3.8, 4) is 0 Å². The molecule has 1 heterocycles. The number of hydrogen-bond donors (Lipinski definition) is 2. The maximum atomic E-state index is 12.9. The summed E-state index contributed by atoms with van der Waals surface area (Å²) in [5.74, 6) is -0.978. The van der Waals surface area contributed by atoms with Gasteiger partial charge in [-0.2, -0.15) is 0 Å². The molecule has 0 aliphatic carbocycles. The van der Waals surface area contributed by atoms with Crippen molar-refractivity contribution in [1.82, 2.24) is 30.8 Å². The maximum Gasteiger partial charge on any atom is 0.292 e. The molecule has 1 aromatic heterocycles. The van der Waals surface area contributed by atoms with Crippen molar-refractivity contribution in [3.05, 3.63) is 60.2 Å². The monoisotopic (exact) mass is 476 g/mol. The molecule has 0 unspecified atom stereocenters. The predicted octanol–water partition coefficient (Wildman–Crippen LogP) is 1.53. The number of carbonyl (C=O) groups is 3. The number of nitrogens with one attached hydrogen (secondary N) is 2. The lowest BCUT2D eigenvalue weighted by atomic mass is 10.2. The molecule has 0 bridgehead atoms. The molecule has 2 aromatic rings. The van der Waals surface area contributed by atoms with Crippen molar-refractivity contribution in [2.75, 3.05) is 18.4 Å². The van der Waals surface area contributed by atoms with E-state index in [1.54, 1.807) is 0 Å². The molecule has 0 atom stereocenters. The summed E-state index contributed by atoms with van der Waals surface area (Å²) in [6.45, 7) is 4.47. The standard InChI is InChI=1S/C20H25BrN6O3/c1-15(2)12-26(24-18(28)10-21)14-19(29)25-27(13-16-6-4-3-5-7-16)20(30)17-11-22-8-9-23-17/h3-9,11,15H,10,12-14H2,1-2H3,(H,24,28)(H,25,29). The molecule has 0 aliphatic rings. The molecule has 10 heteroatoms. The zero-order valence-corrected chi connectivity index (χ0v) is 18.5. The molecular formula is C20H25BrN6O3. The van der Waals surface area contributed by atoms with Crippen LogP contribution in [0.25, 0.3) is 0 Å². The molecule has 3 amide bonds. The summed E-state index contributed by atoms with van der Waals surface area (Å²) in [6, 6.07) is 9.27. The van der Waals surface area contributed by atoms with Gasteiger partial charge in [-0.1, -0.05) is 60.1 Å². The minimum Gasteiger partial charge on any atom is -0.288 e. The second-order valence-corrected chi connectivity index (χ2v) is 7.51. The van der Waals surface area contributed by atoms with Gasteiger partial charge in [-0.25, -0.2) is 15.0 Å². The van der Waals surface area contributed by atoms with Gasteiger partial charge in [0.15, 0.2) is 0 Å². The smallest absolute Gasteiger partial charge is 0.288 e. The van der Waals surface area contributed by atoms with Gasteiger partial charge in [-0.05, 0) is 11.5 Å². The van der Waals surface area contributed by atoms with Crippen LogP contribution in [0.2, 0.25) is 0 Å². The number of amides is 3. The molecule has 0 saturated heterocycles. The van der Waals surface area contributed by atoms with E-state index in [4.69, 9.17) is 0 Å². The van der Waals surface area contributed by atoms with Gasteiger partial charge in [0.05, 0.1) is 24.6 Å². The summed E-state index contributed by atoms with van der Waals surface area (Å²) in [7, 11) is 0. The number of nitrogens with zero attached hydrogens (tertiary/aromatic N) is 4. The molecule has 160 valence electrons. The van der Waals surface area contributed by atoms with Crippen LogP contribution in [-0.4, -0.2) is 56.1 Å². The van der Waals surface area contributed by atoms with Gasteiger partial charge in [0.1, 0.15) is 5.69 Å². The minimum absolute atomic E-state index is 0.111. The van der Waals surface area contributed by atoms with E-state index in [9.17, 15) is 14.4 Å². The van der Waals surface area contributed by atoms with Gasteiger partial charge in [0.2, 0.25) is 5.91 Å². The maximum absolute atomic E-state index is 12.9. The van der Waals surface area contributed by atoms with Crippen LogP contribution in [0.15, 0.2) is 48.9 Å².